The number of carbonyl (C=O) groups excluding carboxylic acids is 2. The van der Waals surface area contributed by atoms with Crippen LogP contribution in [-0.2, 0) is 19.1 Å². The minimum Gasteiger partial charge on any atom is -0.394 e. The Morgan fingerprint density at radius 2 is 1.33 bits per heavy atom. The zero-order valence-corrected chi connectivity index (χ0v) is 26.4. The normalized spacial score (nSPS) is 24.3. The number of rotatable bonds is 25. The molecule has 0 spiro atoms. The molecule has 0 aromatic carbocycles. The van der Waals surface area contributed by atoms with E-state index >= 15 is 0 Å². The molecular formula is C31H60N2O10. The molecule has 2 amide bonds. The van der Waals surface area contributed by atoms with Gasteiger partial charge >= 0.3 is 0 Å². The molecule has 0 bridgehead atoms. The number of carbonyl (C=O) groups is 2. The molecule has 1 aliphatic heterocycles. The van der Waals surface area contributed by atoms with Crippen molar-refractivity contribution in [1.29, 1.82) is 0 Å². The average molecular weight is 621 g/mol. The second-order valence-corrected chi connectivity index (χ2v) is 11.8. The van der Waals surface area contributed by atoms with Crippen LogP contribution in [-0.4, -0.2) is 111 Å². The number of aliphatic hydroxyl groups excluding tert-OH is 6. The highest BCUT2D eigenvalue weighted by Crippen LogP contribution is 2.22. The van der Waals surface area contributed by atoms with Crippen molar-refractivity contribution in [2.45, 2.75) is 166 Å². The molecule has 1 heterocycles. The third kappa shape index (κ3) is 16.5. The highest BCUT2D eigenvalue weighted by molar-refractivity contribution is 5.76. The Morgan fingerprint density at radius 1 is 0.767 bits per heavy atom. The fourth-order valence-corrected chi connectivity index (χ4v) is 5.09. The van der Waals surface area contributed by atoms with Gasteiger partial charge in [0.2, 0.25) is 11.8 Å². The van der Waals surface area contributed by atoms with E-state index in [1.165, 1.54) is 25.7 Å². The molecule has 0 aromatic heterocycles. The summed E-state index contributed by atoms with van der Waals surface area (Å²) in [5.41, 5.74) is 0. The maximum absolute atomic E-state index is 12.6. The summed E-state index contributed by atoms with van der Waals surface area (Å²) in [6.45, 7) is 3.64. The molecule has 12 heteroatoms. The number of nitrogens with one attached hydrogen (secondary N) is 2. The monoisotopic (exact) mass is 620 g/mol. The number of unbranched alkanes of at least 4 members (excludes halogenated alkanes) is 11. The molecule has 8 N–H and O–H groups in total. The number of hydrogen-bond acceptors (Lipinski definition) is 10. The zero-order valence-electron chi connectivity index (χ0n) is 26.4. The first kappa shape index (κ1) is 39.6. The van der Waals surface area contributed by atoms with Crippen LogP contribution in [0.5, 0.6) is 0 Å². The summed E-state index contributed by atoms with van der Waals surface area (Å²) in [5.74, 6) is -0.172. The zero-order chi connectivity index (χ0) is 32.0. The number of hydrogen-bond donors (Lipinski definition) is 8. The van der Waals surface area contributed by atoms with Gasteiger partial charge in [-0.15, -0.1) is 0 Å². The number of ether oxygens (including phenoxy) is 2. The summed E-state index contributed by atoms with van der Waals surface area (Å²) in [6, 6.07) is -1.01. The van der Waals surface area contributed by atoms with Gasteiger partial charge < -0.3 is 50.7 Å². The average Bonchev–Trinajstić information content (AvgIpc) is 3.00. The van der Waals surface area contributed by atoms with Crippen LogP contribution in [0, 0.1) is 0 Å². The predicted molar refractivity (Wildman–Crippen MR) is 162 cm³/mol. The van der Waals surface area contributed by atoms with E-state index in [1.807, 2.05) is 0 Å². The van der Waals surface area contributed by atoms with Gasteiger partial charge in [0, 0.05) is 19.4 Å². The first-order valence-electron chi connectivity index (χ1n) is 16.5. The second kappa shape index (κ2) is 23.9. The lowest BCUT2D eigenvalue weighted by Gasteiger charge is -2.40. The Hall–Kier alpha value is -1.38. The Kier molecular flexibility index (Phi) is 22.1. The first-order valence-corrected chi connectivity index (χ1v) is 16.5. The summed E-state index contributed by atoms with van der Waals surface area (Å²) in [4.78, 5) is 24.5. The van der Waals surface area contributed by atoms with Crippen molar-refractivity contribution in [1.82, 2.24) is 10.6 Å². The third-order valence-electron chi connectivity index (χ3n) is 8.02. The molecule has 254 valence electrons. The summed E-state index contributed by atoms with van der Waals surface area (Å²) in [7, 11) is 0. The lowest BCUT2D eigenvalue weighted by atomic mass is 9.99. The molecule has 1 saturated heterocycles. The highest BCUT2D eigenvalue weighted by Gasteiger charge is 2.44. The SMILES string of the molecule is CCCCCCCCC(=O)NCCCCCCCCCC(=O)N[C@@H](CO[C@H]1OC(CO)[C@H](O)[C@H](O)C1O)[C@H](O)[C@H](O)CC. The third-order valence-corrected chi connectivity index (χ3v) is 8.02. The fourth-order valence-electron chi connectivity index (χ4n) is 5.09. The van der Waals surface area contributed by atoms with Crippen LogP contribution in [0.1, 0.15) is 117 Å². The van der Waals surface area contributed by atoms with Gasteiger partial charge in [-0.1, -0.05) is 78.1 Å². The van der Waals surface area contributed by atoms with Crippen LogP contribution in [0.4, 0.5) is 0 Å². The molecule has 1 aliphatic rings. The number of amides is 2. The molecule has 0 aliphatic carbocycles. The molecular weight excluding hydrogens is 560 g/mol. The van der Waals surface area contributed by atoms with Gasteiger partial charge in [-0.25, -0.2) is 0 Å². The molecule has 0 saturated carbocycles. The topological polar surface area (TPSA) is 198 Å². The van der Waals surface area contributed by atoms with E-state index < -0.39 is 55.6 Å². The Bertz CT molecular complexity index is 729. The van der Waals surface area contributed by atoms with Gasteiger partial charge in [0.1, 0.15) is 30.5 Å². The molecule has 8 atom stereocenters. The fraction of sp³-hybridized carbons (Fsp3) is 0.935. The van der Waals surface area contributed by atoms with Crippen molar-refractivity contribution in [2.24, 2.45) is 0 Å². The van der Waals surface area contributed by atoms with E-state index in [0.717, 1.165) is 51.4 Å². The Morgan fingerprint density at radius 3 is 1.91 bits per heavy atom. The van der Waals surface area contributed by atoms with E-state index in [1.54, 1.807) is 6.92 Å². The summed E-state index contributed by atoms with van der Waals surface area (Å²) >= 11 is 0. The first-order chi connectivity index (χ1) is 20.7. The largest absolute Gasteiger partial charge is 0.394 e. The number of aliphatic hydroxyl groups is 6. The second-order valence-electron chi connectivity index (χ2n) is 11.8. The van der Waals surface area contributed by atoms with Crippen LogP contribution in [0.3, 0.4) is 0 Å². The van der Waals surface area contributed by atoms with Gasteiger partial charge in [0.05, 0.1) is 25.4 Å². The summed E-state index contributed by atoms with van der Waals surface area (Å²) < 4.78 is 10.8. The molecule has 1 rings (SSSR count). The maximum Gasteiger partial charge on any atom is 0.220 e. The van der Waals surface area contributed by atoms with Gasteiger partial charge in [0.25, 0.3) is 0 Å². The van der Waals surface area contributed by atoms with Crippen LogP contribution < -0.4 is 10.6 Å². The molecule has 2 unspecified atom stereocenters. The van der Waals surface area contributed by atoms with Gasteiger partial charge in [-0.05, 0) is 25.7 Å². The van der Waals surface area contributed by atoms with Gasteiger partial charge in [0.15, 0.2) is 6.29 Å². The molecule has 12 nitrogen and oxygen atoms in total. The standard InChI is InChI=1S/C31H60N2O10/c1-3-5-6-7-11-14-17-25(36)32-19-16-13-10-8-9-12-15-18-26(37)33-22(27(38)23(35)4-2)21-42-31-30(41)29(40)28(39)24(20-34)43-31/h22-24,27-31,34-35,38-41H,3-21H2,1-2H3,(H,32,36)(H,33,37)/t22-,23+,24?,27-,28-,29-,30?,31-/m0/s1. The highest BCUT2D eigenvalue weighted by atomic mass is 16.7. The van der Waals surface area contributed by atoms with Crippen molar-refractivity contribution in [3.63, 3.8) is 0 Å². The van der Waals surface area contributed by atoms with E-state index in [0.29, 0.717) is 19.4 Å². The van der Waals surface area contributed by atoms with Crippen LogP contribution in [0.2, 0.25) is 0 Å². The lowest BCUT2D eigenvalue weighted by molar-refractivity contribution is -0.303. The van der Waals surface area contributed by atoms with Crippen molar-refractivity contribution < 1.29 is 49.7 Å². The summed E-state index contributed by atoms with van der Waals surface area (Å²) in [6.07, 6.45) is 4.97. The van der Waals surface area contributed by atoms with E-state index in [9.17, 15) is 40.2 Å². The van der Waals surface area contributed by atoms with Gasteiger partial charge in [-0.2, -0.15) is 0 Å². The van der Waals surface area contributed by atoms with Crippen LogP contribution >= 0.6 is 0 Å². The predicted octanol–water partition coefficient (Wildman–Crippen LogP) is 1.41. The van der Waals surface area contributed by atoms with Crippen molar-refractivity contribution >= 4 is 11.8 Å². The minimum absolute atomic E-state index is 0.146. The molecule has 0 aromatic rings. The Labute approximate surface area is 257 Å². The smallest absolute Gasteiger partial charge is 0.220 e. The van der Waals surface area contributed by atoms with Crippen LogP contribution in [0.15, 0.2) is 0 Å². The van der Waals surface area contributed by atoms with E-state index in [-0.39, 0.29) is 31.3 Å². The summed E-state index contributed by atoms with van der Waals surface area (Å²) in [5, 5.41) is 65.8. The van der Waals surface area contributed by atoms with Crippen molar-refractivity contribution in [3.05, 3.63) is 0 Å². The molecule has 0 radical (unpaired) electrons. The Balaban J connectivity index is 2.24. The van der Waals surface area contributed by atoms with Gasteiger partial charge in [-0.3, -0.25) is 9.59 Å². The van der Waals surface area contributed by atoms with Crippen molar-refractivity contribution in [3.8, 4) is 0 Å². The van der Waals surface area contributed by atoms with E-state index in [4.69, 9.17) is 9.47 Å². The van der Waals surface area contributed by atoms with Crippen molar-refractivity contribution in [2.75, 3.05) is 19.8 Å². The lowest BCUT2D eigenvalue weighted by Crippen LogP contribution is -2.60. The molecule has 1 fully saturated rings. The quantitative estimate of drug-likeness (QED) is 0.0691. The minimum atomic E-state index is -1.62. The van der Waals surface area contributed by atoms with E-state index in [2.05, 4.69) is 17.6 Å². The molecule has 43 heavy (non-hydrogen) atoms. The van der Waals surface area contributed by atoms with Crippen LogP contribution in [0.25, 0.3) is 0 Å². The maximum atomic E-state index is 12.6.